The number of anilines is 1. The summed E-state index contributed by atoms with van der Waals surface area (Å²) in [5, 5.41) is 13.3. The number of hydrogen-bond acceptors (Lipinski definition) is 5. The molecule has 1 saturated heterocycles. The molecule has 104 valence electrons. The standard InChI is InChI=1S/C14H18N6/c1-14(2,11-15)19-9-7-18(8-10-19)12-4-6-20-13(17-12)3-5-16-20/h3-6H,7-10H2,1-2H3. The number of piperazine rings is 1. The Labute approximate surface area is 118 Å². The van der Waals surface area contributed by atoms with Gasteiger partial charge in [-0.05, 0) is 19.9 Å². The van der Waals surface area contributed by atoms with E-state index >= 15 is 0 Å². The zero-order chi connectivity index (χ0) is 14.2. The molecule has 3 heterocycles. The average molecular weight is 270 g/mol. The van der Waals surface area contributed by atoms with Gasteiger partial charge >= 0.3 is 0 Å². The summed E-state index contributed by atoms with van der Waals surface area (Å²) in [5.74, 6) is 0.979. The highest BCUT2D eigenvalue weighted by Crippen LogP contribution is 2.19. The van der Waals surface area contributed by atoms with Crippen molar-refractivity contribution in [2.24, 2.45) is 0 Å². The van der Waals surface area contributed by atoms with E-state index in [4.69, 9.17) is 0 Å². The van der Waals surface area contributed by atoms with Crippen molar-refractivity contribution in [3.63, 3.8) is 0 Å². The monoisotopic (exact) mass is 270 g/mol. The number of hydrogen-bond donors (Lipinski definition) is 0. The fourth-order valence-corrected chi connectivity index (χ4v) is 2.54. The van der Waals surface area contributed by atoms with Crippen LogP contribution >= 0.6 is 0 Å². The van der Waals surface area contributed by atoms with Crippen molar-refractivity contribution in [1.82, 2.24) is 19.5 Å². The van der Waals surface area contributed by atoms with Gasteiger partial charge < -0.3 is 4.90 Å². The van der Waals surface area contributed by atoms with Crippen LogP contribution in [0.5, 0.6) is 0 Å². The smallest absolute Gasteiger partial charge is 0.157 e. The third-order valence-corrected chi connectivity index (χ3v) is 3.91. The Bertz CT molecular complexity index is 645. The molecule has 0 bridgehead atoms. The van der Waals surface area contributed by atoms with Gasteiger partial charge in [-0.15, -0.1) is 0 Å². The summed E-state index contributed by atoms with van der Waals surface area (Å²) >= 11 is 0. The summed E-state index contributed by atoms with van der Waals surface area (Å²) in [6.07, 6.45) is 3.68. The van der Waals surface area contributed by atoms with E-state index in [1.165, 1.54) is 0 Å². The van der Waals surface area contributed by atoms with Gasteiger partial charge in [-0.3, -0.25) is 4.90 Å². The number of nitrogens with zero attached hydrogens (tertiary/aromatic N) is 6. The van der Waals surface area contributed by atoms with E-state index in [9.17, 15) is 5.26 Å². The minimum absolute atomic E-state index is 0.394. The van der Waals surface area contributed by atoms with Gasteiger partial charge in [0.25, 0.3) is 0 Å². The van der Waals surface area contributed by atoms with Crippen molar-refractivity contribution in [1.29, 1.82) is 5.26 Å². The van der Waals surface area contributed by atoms with Crippen LogP contribution in [0.2, 0.25) is 0 Å². The number of fused-ring (bicyclic) bond motifs is 1. The van der Waals surface area contributed by atoms with Crippen LogP contribution in [0, 0.1) is 11.3 Å². The highest BCUT2D eigenvalue weighted by atomic mass is 15.3. The maximum Gasteiger partial charge on any atom is 0.157 e. The fourth-order valence-electron chi connectivity index (χ4n) is 2.54. The van der Waals surface area contributed by atoms with Crippen molar-refractivity contribution in [2.75, 3.05) is 31.1 Å². The van der Waals surface area contributed by atoms with E-state index < -0.39 is 5.54 Å². The van der Waals surface area contributed by atoms with Crippen LogP contribution < -0.4 is 4.90 Å². The van der Waals surface area contributed by atoms with Gasteiger partial charge in [-0.1, -0.05) is 0 Å². The zero-order valence-electron chi connectivity index (χ0n) is 11.8. The first-order valence-electron chi connectivity index (χ1n) is 6.82. The third-order valence-electron chi connectivity index (χ3n) is 3.91. The van der Waals surface area contributed by atoms with E-state index in [1.54, 1.807) is 10.7 Å². The Hall–Kier alpha value is -2.13. The second kappa shape index (κ2) is 4.76. The first-order valence-corrected chi connectivity index (χ1v) is 6.82. The fraction of sp³-hybridized carbons (Fsp3) is 0.500. The Morgan fingerprint density at radius 2 is 1.95 bits per heavy atom. The predicted octanol–water partition coefficient (Wildman–Crippen LogP) is 1.15. The molecule has 0 radical (unpaired) electrons. The maximum atomic E-state index is 9.20. The summed E-state index contributed by atoms with van der Waals surface area (Å²) in [4.78, 5) is 9.09. The topological polar surface area (TPSA) is 60.5 Å². The molecule has 2 aromatic rings. The molecule has 6 nitrogen and oxygen atoms in total. The molecule has 1 aliphatic heterocycles. The zero-order valence-corrected chi connectivity index (χ0v) is 11.8. The van der Waals surface area contributed by atoms with Crippen molar-refractivity contribution >= 4 is 11.5 Å². The molecule has 1 fully saturated rings. The van der Waals surface area contributed by atoms with E-state index in [2.05, 4.69) is 26.0 Å². The molecule has 3 rings (SSSR count). The molecule has 0 amide bonds. The second-order valence-electron chi connectivity index (χ2n) is 5.56. The molecule has 0 unspecified atom stereocenters. The lowest BCUT2D eigenvalue weighted by atomic mass is 10.0. The Morgan fingerprint density at radius 1 is 1.20 bits per heavy atom. The molecular weight excluding hydrogens is 252 g/mol. The lowest BCUT2D eigenvalue weighted by Gasteiger charge is -2.40. The molecule has 0 spiro atoms. The largest absolute Gasteiger partial charge is 0.354 e. The first-order chi connectivity index (χ1) is 9.60. The summed E-state index contributed by atoms with van der Waals surface area (Å²) in [5.41, 5.74) is 0.469. The Morgan fingerprint density at radius 3 is 2.65 bits per heavy atom. The highest BCUT2D eigenvalue weighted by Gasteiger charge is 2.30. The third kappa shape index (κ3) is 2.21. The van der Waals surface area contributed by atoms with E-state index in [-0.39, 0.29) is 0 Å². The SMILES string of the molecule is CC(C)(C#N)N1CCN(c2ccn3nccc3n2)CC1. The molecular formula is C14H18N6. The predicted molar refractivity (Wildman–Crippen MR) is 76.5 cm³/mol. The first kappa shape index (κ1) is 12.9. The molecule has 0 aliphatic carbocycles. The van der Waals surface area contributed by atoms with E-state index in [0.29, 0.717) is 0 Å². The average Bonchev–Trinajstić information content (AvgIpc) is 2.94. The quantitative estimate of drug-likeness (QED) is 0.819. The van der Waals surface area contributed by atoms with Gasteiger partial charge in [0, 0.05) is 38.4 Å². The number of aromatic nitrogens is 3. The molecule has 0 saturated carbocycles. The van der Waals surface area contributed by atoms with Crippen LogP contribution in [0.3, 0.4) is 0 Å². The number of nitriles is 1. The van der Waals surface area contributed by atoms with Crippen LogP contribution in [0.25, 0.3) is 5.65 Å². The summed E-state index contributed by atoms with van der Waals surface area (Å²) in [7, 11) is 0. The minimum Gasteiger partial charge on any atom is -0.354 e. The van der Waals surface area contributed by atoms with Crippen LogP contribution in [0.1, 0.15) is 13.8 Å². The van der Waals surface area contributed by atoms with Gasteiger partial charge in [0.1, 0.15) is 11.4 Å². The van der Waals surface area contributed by atoms with Crippen molar-refractivity contribution in [3.8, 4) is 6.07 Å². The van der Waals surface area contributed by atoms with Crippen LogP contribution in [0.15, 0.2) is 24.5 Å². The molecule has 6 heteroatoms. The minimum atomic E-state index is -0.394. The van der Waals surface area contributed by atoms with Gasteiger partial charge in [0.2, 0.25) is 0 Å². The van der Waals surface area contributed by atoms with Crippen LogP contribution in [-0.2, 0) is 0 Å². The summed E-state index contributed by atoms with van der Waals surface area (Å²) < 4.78 is 1.76. The molecule has 0 N–H and O–H groups in total. The molecule has 2 aromatic heterocycles. The molecule has 0 atom stereocenters. The van der Waals surface area contributed by atoms with Gasteiger partial charge in [-0.25, -0.2) is 9.50 Å². The Kier molecular flexibility index (Phi) is 3.07. The maximum absolute atomic E-state index is 9.20. The lowest BCUT2D eigenvalue weighted by molar-refractivity contribution is 0.158. The highest BCUT2D eigenvalue weighted by molar-refractivity contribution is 5.47. The van der Waals surface area contributed by atoms with Crippen molar-refractivity contribution < 1.29 is 0 Å². The van der Waals surface area contributed by atoms with Gasteiger partial charge in [-0.2, -0.15) is 10.4 Å². The Balaban J connectivity index is 1.73. The summed E-state index contributed by atoms with van der Waals surface area (Å²) in [6.45, 7) is 7.49. The van der Waals surface area contributed by atoms with E-state index in [0.717, 1.165) is 37.6 Å². The normalized spacial score (nSPS) is 17.4. The van der Waals surface area contributed by atoms with Gasteiger partial charge in [0.15, 0.2) is 5.65 Å². The van der Waals surface area contributed by atoms with Crippen LogP contribution in [0.4, 0.5) is 5.82 Å². The van der Waals surface area contributed by atoms with Crippen LogP contribution in [-0.4, -0.2) is 51.2 Å². The molecule has 0 aromatic carbocycles. The summed E-state index contributed by atoms with van der Waals surface area (Å²) in [6, 6.07) is 6.26. The van der Waals surface area contributed by atoms with Crippen molar-refractivity contribution in [2.45, 2.75) is 19.4 Å². The number of rotatable bonds is 2. The molecule has 1 aliphatic rings. The van der Waals surface area contributed by atoms with Gasteiger partial charge in [0.05, 0.1) is 12.3 Å². The van der Waals surface area contributed by atoms with Crippen molar-refractivity contribution in [3.05, 3.63) is 24.5 Å². The van der Waals surface area contributed by atoms with E-state index in [1.807, 2.05) is 32.2 Å². The lowest BCUT2D eigenvalue weighted by Crippen LogP contribution is -2.54. The second-order valence-corrected chi connectivity index (χ2v) is 5.56. The molecule has 20 heavy (non-hydrogen) atoms.